The summed E-state index contributed by atoms with van der Waals surface area (Å²) in [5, 5.41) is 13.2. The van der Waals surface area contributed by atoms with E-state index >= 15 is 0 Å². The standard InChI is InChI=1S/C8H8N3/c9-8-5-10-6-3-1-2-4-7(6)11-8/h1-5,10H,(H2,9,11). The van der Waals surface area contributed by atoms with Crippen LogP contribution in [0.3, 0.4) is 0 Å². The van der Waals surface area contributed by atoms with Gasteiger partial charge < -0.3 is 10.6 Å². The Balaban J connectivity index is 2.41. The molecule has 2 rings (SSSR count). The summed E-state index contributed by atoms with van der Waals surface area (Å²) in [6.07, 6.45) is 0. The predicted molar refractivity (Wildman–Crippen MR) is 45.7 cm³/mol. The molecular weight excluding hydrogens is 138 g/mol. The SMILES string of the molecule is N=C1[CH]Nc2ccccc2N1. The molecule has 55 valence electrons. The Morgan fingerprint density at radius 1 is 1.09 bits per heavy atom. The summed E-state index contributed by atoms with van der Waals surface area (Å²) in [7, 11) is 0. The molecular formula is C8H8N3. The lowest BCUT2D eigenvalue weighted by Crippen LogP contribution is -2.21. The molecule has 0 atom stereocenters. The first-order valence-electron chi connectivity index (χ1n) is 3.40. The molecule has 3 N–H and O–H groups in total. The molecule has 0 fully saturated rings. The maximum atomic E-state index is 7.29. The Morgan fingerprint density at radius 2 is 1.82 bits per heavy atom. The summed E-state index contributed by atoms with van der Waals surface area (Å²) in [5.41, 5.74) is 1.98. The van der Waals surface area contributed by atoms with Crippen LogP contribution in [0.2, 0.25) is 0 Å². The fourth-order valence-corrected chi connectivity index (χ4v) is 1.05. The van der Waals surface area contributed by atoms with Gasteiger partial charge in [-0.25, -0.2) is 0 Å². The molecule has 0 aromatic heterocycles. The normalized spacial score (nSPS) is 14.7. The predicted octanol–water partition coefficient (Wildman–Crippen LogP) is 1.66. The fourth-order valence-electron chi connectivity index (χ4n) is 1.05. The molecule has 0 unspecified atom stereocenters. The fraction of sp³-hybridized carbons (Fsp3) is 0. The van der Waals surface area contributed by atoms with Gasteiger partial charge >= 0.3 is 0 Å². The molecule has 1 aromatic rings. The van der Waals surface area contributed by atoms with Crippen molar-refractivity contribution in [2.45, 2.75) is 0 Å². The molecule has 1 aliphatic heterocycles. The van der Waals surface area contributed by atoms with Crippen LogP contribution in [-0.4, -0.2) is 5.84 Å². The van der Waals surface area contributed by atoms with Crippen molar-refractivity contribution in [3.05, 3.63) is 30.8 Å². The molecule has 0 amide bonds. The number of amidine groups is 1. The van der Waals surface area contributed by atoms with Crippen LogP contribution in [0.1, 0.15) is 0 Å². The van der Waals surface area contributed by atoms with Crippen LogP contribution in [-0.2, 0) is 0 Å². The van der Waals surface area contributed by atoms with Crippen LogP contribution in [0, 0.1) is 12.0 Å². The highest BCUT2D eigenvalue weighted by atomic mass is 15.1. The van der Waals surface area contributed by atoms with Gasteiger partial charge in [0.15, 0.2) is 0 Å². The Morgan fingerprint density at radius 3 is 2.64 bits per heavy atom. The van der Waals surface area contributed by atoms with Crippen LogP contribution in [0.15, 0.2) is 24.3 Å². The van der Waals surface area contributed by atoms with Crippen molar-refractivity contribution >= 4 is 17.2 Å². The highest BCUT2D eigenvalue weighted by molar-refractivity contribution is 6.06. The second-order valence-electron chi connectivity index (χ2n) is 2.37. The number of anilines is 2. The van der Waals surface area contributed by atoms with E-state index in [-0.39, 0.29) is 0 Å². The Bertz CT molecular complexity index is 293. The number of para-hydroxylation sites is 2. The molecule has 3 heteroatoms. The third-order valence-electron chi connectivity index (χ3n) is 1.57. The van der Waals surface area contributed by atoms with E-state index in [1.807, 2.05) is 24.3 Å². The summed E-state index contributed by atoms with van der Waals surface area (Å²) in [6, 6.07) is 7.79. The first-order chi connectivity index (χ1) is 5.36. The third-order valence-corrected chi connectivity index (χ3v) is 1.57. The van der Waals surface area contributed by atoms with Crippen LogP contribution in [0.4, 0.5) is 11.4 Å². The number of fused-ring (bicyclic) bond motifs is 1. The van der Waals surface area contributed by atoms with Crippen molar-refractivity contribution in [3.63, 3.8) is 0 Å². The Labute approximate surface area is 64.9 Å². The summed E-state index contributed by atoms with van der Waals surface area (Å²) in [5.74, 6) is 0.392. The zero-order chi connectivity index (χ0) is 7.68. The monoisotopic (exact) mass is 146 g/mol. The molecule has 0 aliphatic carbocycles. The van der Waals surface area contributed by atoms with E-state index in [2.05, 4.69) is 10.6 Å². The maximum absolute atomic E-state index is 7.29. The van der Waals surface area contributed by atoms with Gasteiger partial charge in [-0.2, -0.15) is 0 Å². The lowest BCUT2D eigenvalue weighted by atomic mass is 10.2. The molecule has 3 nitrogen and oxygen atoms in total. The first kappa shape index (κ1) is 6.22. The van der Waals surface area contributed by atoms with Gasteiger partial charge in [-0.15, -0.1) is 0 Å². The highest BCUT2D eigenvalue weighted by Crippen LogP contribution is 2.24. The largest absolute Gasteiger partial charge is 0.371 e. The first-order valence-corrected chi connectivity index (χ1v) is 3.40. The number of nitrogens with one attached hydrogen (secondary N) is 3. The molecule has 0 spiro atoms. The molecule has 11 heavy (non-hydrogen) atoms. The summed E-state index contributed by atoms with van der Waals surface area (Å²) in [6.45, 7) is 1.63. The molecule has 0 saturated carbocycles. The van der Waals surface area contributed by atoms with Crippen LogP contribution < -0.4 is 10.6 Å². The number of rotatable bonds is 0. The van der Waals surface area contributed by atoms with E-state index in [9.17, 15) is 0 Å². The van der Waals surface area contributed by atoms with Gasteiger partial charge in [0.2, 0.25) is 0 Å². The number of hydrogen-bond acceptors (Lipinski definition) is 2. The topological polar surface area (TPSA) is 47.9 Å². The molecule has 0 saturated heterocycles. The second-order valence-corrected chi connectivity index (χ2v) is 2.37. The van der Waals surface area contributed by atoms with Gasteiger partial charge in [-0.3, -0.25) is 5.41 Å². The van der Waals surface area contributed by atoms with Gasteiger partial charge in [-0.1, -0.05) is 12.1 Å². The zero-order valence-corrected chi connectivity index (χ0v) is 5.89. The summed E-state index contributed by atoms with van der Waals surface area (Å²) >= 11 is 0. The molecule has 1 aromatic carbocycles. The van der Waals surface area contributed by atoms with E-state index in [0.29, 0.717) is 5.84 Å². The van der Waals surface area contributed by atoms with E-state index in [4.69, 9.17) is 5.41 Å². The smallest absolute Gasteiger partial charge is 0.123 e. The average Bonchev–Trinajstić information content (AvgIpc) is 2.04. The minimum Gasteiger partial charge on any atom is -0.371 e. The van der Waals surface area contributed by atoms with Crippen molar-refractivity contribution < 1.29 is 0 Å². The van der Waals surface area contributed by atoms with E-state index in [1.54, 1.807) is 6.54 Å². The van der Waals surface area contributed by atoms with Gasteiger partial charge in [0.05, 0.1) is 11.4 Å². The van der Waals surface area contributed by atoms with Crippen molar-refractivity contribution in [1.29, 1.82) is 5.41 Å². The zero-order valence-electron chi connectivity index (χ0n) is 5.89. The number of benzene rings is 1. The molecule has 1 aliphatic rings. The average molecular weight is 146 g/mol. The molecule has 1 heterocycles. The minimum atomic E-state index is 0.392. The van der Waals surface area contributed by atoms with Gasteiger partial charge in [0.1, 0.15) is 12.4 Å². The highest BCUT2D eigenvalue weighted by Gasteiger charge is 2.09. The lowest BCUT2D eigenvalue weighted by molar-refractivity contribution is 1.37. The lowest BCUT2D eigenvalue weighted by Gasteiger charge is -2.19. The van der Waals surface area contributed by atoms with Crippen LogP contribution in [0.25, 0.3) is 0 Å². The minimum absolute atomic E-state index is 0.392. The van der Waals surface area contributed by atoms with Crippen LogP contribution in [0.5, 0.6) is 0 Å². The Hall–Kier alpha value is -1.51. The van der Waals surface area contributed by atoms with E-state index in [0.717, 1.165) is 11.4 Å². The van der Waals surface area contributed by atoms with Gasteiger partial charge in [0.25, 0.3) is 0 Å². The maximum Gasteiger partial charge on any atom is 0.123 e. The van der Waals surface area contributed by atoms with Crippen molar-refractivity contribution in [2.24, 2.45) is 0 Å². The van der Waals surface area contributed by atoms with Crippen LogP contribution >= 0.6 is 0 Å². The van der Waals surface area contributed by atoms with E-state index < -0.39 is 0 Å². The quantitative estimate of drug-likeness (QED) is 0.521. The Kier molecular flexibility index (Phi) is 1.28. The van der Waals surface area contributed by atoms with Crippen molar-refractivity contribution in [3.8, 4) is 0 Å². The van der Waals surface area contributed by atoms with E-state index in [1.165, 1.54) is 0 Å². The van der Waals surface area contributed by atoms with Crippen molar-refractivity contribution in [2.75, 3.05) is 10.6 Å². The molecule has 0 bridgehead atoms. The summed E-state index contributed by atoms with van der Waals surface area (Å²) in [4.78, 5) is 0. The molecule has 1 radical (unpaired) electrons. The van der Waals surface area contributed by atoms with Crippen molar-refractivity contribution in [1.82, 2.24) is 0 Å². The third kappa shape index (κ3) is 1.05. The number of hydrogen-bond donors (Lipinski definition) is 3. The van der Waals surface area contributed by atoms with Gasteiger partial charge in [0, 0.05) is 0 Å². The van der Waals surface area contributed by atoms with Gasteiger partial charge in [-0.05, 0) is 12.1 Å². The second kappa shape index (κ2) is 2.27. The summed E-state index contributed by atoms with van der Waals surface area (Å²) < 4.78 is 0.